The molecule has 0 aromatic carbocycles. The molecule has 0 aliphatic carbocycles. The zero-order valence-corrected chi connectivity index (χ0v) is 16.5. The zero-order valence-electron chi connectivity index (χ0n) is 16.5. The maximum absolute atomic E-state index is 13.4. The summed E-state index contributed by atoms with van der Waals surface area (Å²) < 4.78 is 51.9. The van der Waals surface area contributed by atoms with Crippen molar-refractivity contribution >= 4 is 11.7 Å². The Labute approximate surface area is 171 Å². The van der Waals surface area contributed by atoms with Crippen LogP contribution in [0.25, 0.3) is 5.78 Å². The van der Waals surface area contributed by atoms with Gasteiger partial charge in [0, 0.05) is 31.3 Å². The van der Waals surface area contributed by atoms with E-state index in [1.807, 2.05) is 0 Å². The Balaban J connectivity index is 1.32. The average molecular weight is 427 g/mol. The molecular formula is C19H24F3N5O3. The van der Waals surface area contributed by atoms with Gasteiger partial charge in [0.05, 0.1) is 12.7 Å². The summed E-state index contributed by atoms with van der Waals surface area (Å²) >= 11 is 0. The van der Waals surface area contributed by atoms with Gasteiger partial charge in [0.15, 0.2) is 5.69 Å². The number of rotatable bonds is 5. The summed E-state index contributed by atoms with van der Waals surface area (Å²) in [6.07, 6.45) is 0.744. The van der Waals surface area contributed by atoms with E-state index in [0.29, 0.717) is 42.7 Å². The lowest BCUT2D eigenvalue weighted by molar-refractivity contribution is -0.142. The molecule has 1 atom stereocenters. The average Bonchev–Trinajstić information content (AvgIpc) is 3.22. The monoisotopic (exact) mass is 427 g/mol. The van der Waals surface area contributed by atoms with Gasteiger partial charge in [-0.05, 0) is 38.2 Å². The van der Waals surface area contributed by atoms with Crippen LogP contribution < -0.4 is 0 Å². The molecule has 0 radical (unpaired) electrons. The van der Waals surface area contributed by atoms with Crippen molar-refractivity contribution in [2.24, 2.45) is 0 Å². The summed E-state index contributed by atoms with van der Waals surface area (Å²) in [4.78, 5) is 22.1. The minimum absolute atomic E-state index is 0.00724. The van der Waals surface area contributed by atoms with Crippen LogP contribution >= 0.6 is 0 Å². The first kappa shape index (κ1) is 21.0. The number of ether oxygens (including phenoxy) is 2. The predicted molar refractivity (Wildman–Crippen MR) is 98.7 cm³/mol. The normalized spacial score (nSPS) is 21.3. The van der Waals surface area contributed by atoms with Crippen molar-refractivity contribution in [2.75, 3.05) is 32.9 Å². The van der Waals surface area contributed by atoms with E-state index in [4.69, 9.17) is 9.47 Å². The summed E-state index contributed by atoms with van der Waals surface area (Å²) in [7, 11) is 0. The number of likely N-dealkylation sites (tertiary alicyclic amines) is 1. The number of amides is 1. The number of carbonyl (C=O) groups is 1. The van der Waals surface area contributed by atoms with E-state index in [9.17, 15) is 18.0 Å². The number of aromatic nitrogens is 4. The topological polar surface area (TPSA) is 81.9 Å². The molecule has 2 aromatic heterocycles. The first-order chi connectivity index (χ1) is 14.4. The van der Waals surface area contributed by atoms with Crippen molar-refractivity contribution in [2.45, 2.75) is 50.3 Å². The summed E-state index contributed by atoms with van der Waals surface area (Å²) in [5.41, 5.74) is -0.558. The summed E-state index contributed by atoms with van der Waals surface area (Å²) in [5.74, 6) is -0.355. The van der Waals surface area contributed by atoms with Crippen LogP contribution in [-0.2, 0) is 20.4 Å². The number of halogens is 3. The Hall–Kier alpha value is -2.27. The Morgan fingerprint density at radius 3 is 2.73 bits per heavy atom. The Morgan fingerprint density at radius 1 is 1.23 bits per heavy atom. The van der Waals surface area contributed by atoms with Crippen molar-refractivity contribution in [1.29, 1.82) is 0 Å². The second-order valence-electron chi connectivity index (χ2n) is 7.69. The molecule has 11 heteroatoms. The lowest BCUT2D eigenvalue weighted by Crippen LogP contribution is -2.40. The molecule has 2 aliphatic heterocycles. The SMILES string of the molecule is O=C(COC[C@@H]1CCCCO1)N1CCC(c2cc(C(F)(F)F)n3ncnc3n2)CC1. The molecule has 2 saturated heterocycles. The van der Waals surface area contributed by atoms with Gasteiger partial charge in [0.1, 0.15) is 12.9 Å². The third-order valence-corrected chi connectivity index (χ3v) is 5.63. The number of piperidine rings is 1. The van der Waals surface area contributed by atoms with Gasteiger partial charge < -0.3 is 14.4 Å². The molecule has 2 aliphatic rings. The molecule has 8 nitrogen and oxygen atoms in total. The van der Waals surface area contributed by atoms with Crippen LogP contribution in [0.3, 0.4) is 0 Å². The summed E-state index contributed by atoms with van der Waals surface area (Å²) in [5, 5.41) is 3.62. The lowest BCUT2D eigenvalue weighted by atomic mass is 9.93. The molecular weight excluding hydrogens is 403 g/mol. The fourth-order valence-electron chi connectivity index (χ4n) is 3.97. The minimum atomic E-state index is -4.56. The first-order valence-electron chi connectivity index (χ1n) is 10.2. The highest BCUT2D eigenvalue weighted by molar-refractivity contribution is 5.77. The standard InChI is InChI=1S/C19H24F3N5O3/c20-19(21,22)16-9-15(25-18-23-12-24-27(16)18)13-4-6-26(7-5-13)17(28)11-29-10-14-3-1-2-8-30-14/h9,12-14H,1-8,10-11H2/t14-/m0/s1. The number of hydrogen-bond acceptors (Lipinski definition) is 6. The van der Waals surface area contributed by atoms with E-state index in [1.54, 1.807) is 4.90 Å². The van der Waals surface area contributed by atoms with E-state index in [-0.39, 0.29) is 30.3 Å². The summed E-state index contributed by atoms with van der Waals surface area (Å²) in [6.45, 7) is 2.04. The summed E-state index contributed by atoms with van der Waals surface area (Å²) in [6, 6.07) is 1.04. The second kappa shape index (κ2) is 8.84. The molecule has 0 spiro atoms. The molecule has 30 heavy (non-hydrogen) atoms. The number of alkyl halides is 3. The fraction of sp³-hybridized carbons (Fsp3) is 0.684. The Morgan fingerprint density at radius 2 is 2.03 bits per heavy atom. The molecule has 2 aromatic rings. The van der Waals surface area contributed by atoms with Gasteiger partial charge in [0.2, 0.25) is 5.91 Å². The van der Waals surface area contributed by atoms with Crippen LogP contribution in [0.15, 0.2) is 12.4 Å². The third kappa shape index (κ3) is 4.72. The van der Waals surface area contributed by atoms with E-state index in [0.717, 1.165) is 38.3 Å². The number of hydrogen-bond donors (Lipinski definition) is 0. The van der Waals surface area contributed by atoms with Crippen molar-refractivity contribution in [3.63, 3.8) is 0 Å². The minimum Gasteiger partial charge on any atom is -0.376 e. The molecule has 0 bridgehead atoms. The zero-order chi connectivity index (χ0) is 21.1. The molecule has 4 heterocycles. The van der Waals surface area contributed by atoms with E-state index < -0.39 is 11.9 Å². The van der Waals surface area contributed by atoms with Crippen molar-refractivity contribution in [3.8, 4) is 0 Å². The van der Waals surface area contributed by atoms with Crippen molar-refractivity contribution < 1.29 is 27.4 Å². The smallest absolute Gasteiger partial charge is 0.376 e. The molecule has 0 unspecified atom stereocenters. The van der Waals surface area contributed by atoms with Crippen LogP contribution in [0, 0.1) is 0 Å². The van der Waals surface area contributed by atoms with Gasteiger partial charge >= 0.3 is 6.18 Å². The van der Waals surface area contributed by atoms with Crippen LogP contribution in [0.5, 0.6) is 0 Å². The van der Waals surface area contributed by atoms with Gasteiger partial charge in [-0.3, -0.25) is 4.79 Å². The quantitative estimate of drug-likeness (QED) is 0.729. The van der Waals surface area contributed by atoms with Gasteiger partial charge in [0.25, 0.3) is 5.78 Å². The van der Waals surface area contributed by atoms with Gasteiger partial charge in [-0.25, -0.2) is 4.98 Å². The molecule has 1 amide bonds. The highest BCUT2D eigenvalue weighted by Crippen LogP contribution is 2.33. The van der Waals surface area contributed by atoms with Gasteiger partial charge in [-0.2, -0.15) is 27.8 Å². The molecule has 164 valence electrons. The van der Waals surface area contributed by atoms with Crippen molar-refractivity contribution in [3.05, 3.63) is 23.8 Å². The molecule has 0 saturated carbocycles. The lowest BCUT2D eigenvalue weighted by Gasteiger charge is -2.32. The maximum Gasteiger partial charge on any atom is 0.433 e. The number of nitrogens with zero attached hydrogens (tertiary/aromatic N) is 5. The van der Waals surface area contributed by atoms with Crippen LogP contribution in [0.4, 0.5) is 13.2 Å². The van der Waals surface area contributed by atoms with E-state index in [1.165, 1.54) is 0 Å². The van der Waals surface area contributed by atoms with Gasteiger partial charge in [-0.1, -0.05) is 0 Å². The molecule has 4 rings (SSSR count). The Kier molecular flexibility index (Phi) is 6.19. The first-order valence-corrected chi connectivity index (χ1v) is 10.2. The highest BCUT2D eigenvalue weighted by Gasteiger charge is 2.36. The van der Waals surface area contributed by atoms with E-state index >= 15 is 0 Å². The number of fused-ring (bicyclic) bond motifs is 1. The fourth-order valence-corrected chi connectivity index (χ4v) is 3.97. The number of carbonyl (C=O) groups excluding carboxylic acids is 1. The van der Waals surface area contributed by atoms with Gasteiger partial charge in [-0.15, -0.1) is 0 Å². The van der Waals surface area contributed by atoms with E-state index in [2.05, 4.69) is 15.1 Å². The predicted octanol–water partition coefficient (Wildman–Crippen LogP) is 2.43. The maximum atomic E-state index is 13.4. The molecule has 0 N–H and O–H groups in total. The third-order valence-electron chi connectivity index (χ3n) is 5.63. The second-order valence-corrected chi connectivity index (χ2v) is 7.69. The Bertz CT molecular complexity index is 874. The largest absolute Gasteiger partial charge is 0.433 e. The van der Waals surface area contributed by atoms with Crippen LogP contribution in [-0.4, -0.2) is 69.4 Å². The molecule has 2 fully saturated rings. The van der Waals surface area contributed by atoms with Crippen molar-refractivity contribution in [1.82, 2.24) is 24.5 Å². The highest BCUT2D eigenvalue weighted by atomic mass is 19.4. The van der Waals surface area contributed by atoms with Crippen LogP contribution in [0.1, 0.15) is 49.4 Å². The van der Waals surface area contributed by atoms with Crippen LogP contribution in [0.2, 0.25) is 0 Å².